The predicted octanol–water partition coefficient (Wildman–Crippen LogP) is 2.88. The molecule has 0 spiro atoms. The third-order valence-corrected chi connectivity index (χ3v) is 5.72. The highest BCUT2D eigenvalue weighted by molar-refractivity contribution is 7.80. The lowest BCUT2D eigenvalue weighted by atomic mass is 9.78. The van der Waals surface area contributed by atoms with Gasteiger partial charge in [-0.3, -0.25) is 0 Å². The van der Waals surface area contributed by atoms with Crippen molar-refractivity contribution >= 4 is 17.2 Å². The smallest absolute Gasteiger partial charge is 0.123 e. The number of rotatable bonds is 2. The van der Waals surface area contributed by atoms with Crippen LogP contribution in [0.2, 0.25) is 0 Å². The van der Waals surface area contributed by atoms with Gasteiger partial charge in [-0.2, -0.15) is 0 Å². The van der Waals surface area contributed by atoms with E-state index in [4.69, 9.17) is 12.2 Å². The van der Waals surface area contributed by atoms with Crippen LogP contribution in [0.1, 0.15) is 65.2 Å². The fourth-order valence-corrected chi connectivity index (χ4v) is 3.76. The maximum atomic E-state index is 10.9. The monoisotopic (exact) mass is 363 g/mol. The molecule has 1 saturated heterocycles. The summed E-state index contributed by atoms with van der Waals surface area (Å²) in [6.45, 7) is 20.6. The molecule has 1 fully saturated rings. The maximum absolute atomic E-state index is 10.9. The largest absolute Gasteiger partial charge is 0.507 e. The van der Waals surface area contributed by atoms with Gasteiger partial charge in [-0.1, -0.05) is 53.8 Å². The molecule has 25 heavy (non-hydrogen) atoms. The van der Waals surface area contributed by atoms with E-state index in [1.165, 1.54) is 6.54 Å². The van der Waals surface area contributed by atoms with Crippen molar-refractivity contribution in [3.8, 4) is 5.75 Å². The van der Waals surface area contributed by atoms with E-state index in [1.54, 1.807) is 4.90 Å². The van der Waals surface area contributed by atoms with E-state index in [0.717, 1.165) is 47.9 Å². The second-order valence-electron chi connectivity index (χ2n) is 9.32. The Morgan fingerprint density at radius 2 is 1.48 bits per heavy atom. The van der Waals surface area contributed by atoms with Crippen LogP contribution in [0.25, 0.3) is 0 Å². The molecule has 2 N–H and O–H groups in total. The van der Waals surface area contributed by atoms with E-state index in [-0.39, 0.29) is 10.8 Å². The van der Waals surface area contributed by atoms with Gasteiger partial charge in [0.1, 0.15) is 10.7 Å². The van der Waals surface area contributed by atoms with Crippen molar-refractivity contribution in [1.29, 1.82) is 0 Å². The zero-order valence-corrected chi connectivity index (χ0v) is 17.8. The molecule has 1 aromatic carbocycles. The molecule has 0 bridgehead atoms. The summed E-state index contributed by atoms with van der Waals surface area (Å²) in [6, 6.07) is 4.21. The van der Waals surface area contributed by atoms with Crippen molar-refractivity contribution in [1.82, 2.24) is 4.90 Å². The molecule has 4 heteroatoms. The first-order valence-electron chi connectivity index (χ1n) is 9.46. The Balaban J connectivity index is 2.42. The van der Waals surface area contributed by atoms with E-state index in [9.17, 15) is 5.11 Å². The van der Waals surface area contributed by atoms with E-state index < -0.39 is 0 Å². The number of hydrogen-bond donors (Lipinski definition) is 2. The highest BCUT2D eigenvalue weighted by Crippen LogP contribution is 2.40. The first-order chi connectivity index (χ1) is 11.4. The SMILES string of the molecule is CC[NH+]1CCN(C(=S)c2cc(C(C)(C)C)c(O)c(C(C)(C)C)c2)CC1. The molecule has 0 atom stereocenters. The van der Waals surface area contributed by atoms with Gasteiger partial charge in [-0.05, 0) is 29.9 Å². The van der Waals surface area contributed by atoms with Crippen LogP contribution in [0.3, 0.4) is 0 Å². The Labute approximate surface area is 159 Å². The van der Waals surface area contributed by atoms with E-state index >= 15 is 0 Å². The van der Waals surface area contributed by atoms with Crippen molar-refractivity contribution in [3.05, 3.63) is 28.8 Å². The van der Waals surface area contributed by atoms with Crippen LogP contribution in [0.4, 0.5) is 0 Å². The summed E-state index contributed by atoms with van der Waals surface area (Å²) in [4.78, 5) is 4.90. The molecule has 1 heterocycles. The highest BCUT2D eigenvalue weighted by atomic mass is 32.1. The minimum absolute atomic E-state index is 0.124. The van der Waals surface area contributed by atoms with Crippen LogP contribution in [-0.2, 0) is 10.8 Å². The standard InChI is InChI=1S/C21H34N2OS/c1-8-22-9-11-23(12-10-22)19(25)15-13-16(20(2,3)4)18(24)17(14-15)21(5,6)7/h13-14,24H,8-12H2,1-7H3/p+1. The zero-order chi connectivity index (χ0) is 19.0. The number of thiocarbonyl (C=S) groups is 1. The Morgan fingerprint density at radius 1 is 1.04 bits per heavy atom. The lowest BCUT2D eigenvalue weighted by molar-refractivity contribution is -0.902. The molecule has 1 aliphatic heterocycles. The average Bonchev–Trinajstić information content (AvgIpc) is 2.52. The van der Waals surface area contributed by atoms with Crippen molar-refractivity contribution in [2.24, 2.45) is 0 Å². The van der Waals surface area contributed by atoms with Crippen LogP contribution in [0, 0.1) is 0 Å². The van der Waals surface area contributed by atoms with Gasteiger partial charge < -0.3 is 14.9 Å². The van der Waals surface area contributed by atoms with Crippen molar-refractivity contribution < 1.29 is 10.0 Å². The molecule has 3 nitrogen and oxygen atoms in total. The molecule has 0 aromatic heterocycles. The molecule has 0 aliphatic carbocycles. The summed E-state index contributed by atoms with van der Waals surface area (Å²) in [7, 11) is 0. The Morgan fingerprint density at radius 3 is 1.84 bits per heavy atom. The van der Waals surface area contributed by atoms with Crippen molar-refractivity contribution in [3.63, 3.8) is 0 Å². The van der Waals surface area contributed by atoms with Gasteiger partial charge in [0.2, 0.25) is 0 Å². The number of benzene rings is 1. The Hall–Kier alpha value is -1.13. The number of hydrogen-bond acceptors (Lipinski definition) is 2. The van der Waals surface area contributed by atoms with Crippen LogP contribution in [0.15, 0.2) is 12.1 Å². The van der Waals surface area contributed by atoms with Crippen LogP contribution < -0.4 is 4.90 Å². The lowest BCUT2D eigenvalue weighted by Gasteiger charge is -2.34. The van der Waals surface area contributed by atoms with E-state index in [1.807, 2.05) is 0 Å². The fraction of sp³-hybridized carbons (Fsp3) is 0.667. The summed E-state index contributed by atoms with van der Waals surface area (Å²) in [6.07, 6.45) is 0. The Kier molecular flexibility index (Phi) is 5.85. The van der Waals surface area contributed by atoms with Gasteiger partial charge in [0.05, 0.1) is 32.7 Å². The van der Waals surface area contributed by atoms with Gasteiger partial charge in [-0.15, -0.1) is 0 Å². The fourth-order valence-electron chi connectivity index (χ4n) is 3.46. The molecule has 0 saturated carbocycles. The summed E-state index contributed by atoms with van der Waals surface area (Å²) in [5.74, 6) is 0.423. The van der Waals surface area contributed by atoms with Crippen LogP contribution in [0.5, 0.6) is 5.75 Å². The quantitative estimate of drug-likeness (QED) is 0.792. The third-order valence-electron chi connectivity index (χ3n) is 5.23. The highest BCUT2D eigenvalue weighted by Gasteiger charge is 2.29. The predicted molar refractivity (Wildman–Crippen MR) is 110 cm³/mol. The number of phenolic OH excluding ortho intramolecular Hbond substituents is 1. The molecular weight excluding hydrogens is 328 g/mol. The molecule has 0 radical (unpaired) electrons. The minimum Gasteiger partial charge on any atom is -0.507 e. The number of likely N-dealkylation sites (N-methyl/N-ethyl adjacent to an activating group) is 1. The molecule has 2 rings (SSSR count). The number of piperazine rings is 1. The summed E-state index contributed by atoms with van der Waals surface area (Å²) < 4.78 is 0. The maximum Gasteiger partial charge on any atom is 0.123 e. The van der Waals surface area contributed by atoms with Crippen molar-refractivity contribution in [2.45, 2.75) is 59.3 Å². The molecule has 0 amide bonds. The molecule has 1 aromatic rings. The second-order valence-corrected chi connectivity index (χ2v) is 9.70. The first kappa shape index (κ1) is 20.2. The van der Waals surface area contributed by atoms with Crippen LogP contribution >= 0.6 is 12.2 Å². The number of nitrogens with one attached hydrogen (secondary N) is 1. The summed E-state index contributed by atoms with van der Waals surface area (Å²) >= 11 is 5.86. The second kappa shape index (κ2) is 7.24. The van der Waals surface area contributed by atoms with E-state index in [0.29, 0.717) is 5.75 Å². The summed E-state index contributed by atoms with van der Waals surface area (Å²) in [5.41, 5.74) is 2.79. The summed E-state index contributed by atoms with van der Waals surface area (Å²) in [5, 5.41) is 10.9. The van der Waals surface area contributed by atoms with Gasteiger partial charge in [0.25, 0.3) is 0 Å². The normalized spacial score (nSPS) is 17.0. The van der Waals surface area contributed by atoms with Crippen molar-refractivity contribution in [2.75, 3.05) is 32.7 Å². The Bertz CT molecular complexity index is 597. The molecule has 140 valence electrons. The number of quaternary nitrogens is 1. The third kappa shape index (κ3) is 4.53. The molecule has 0 unspecified atom stereocenters. The van der Waals surface area contributed by atoms with Gasteiger partial charge in [-0.25, -0.2) is 0 Å². The molecule has 1 aliphatic rings. The zero-order valence-electron chi connectivity index (χ0n) is 17.0. The molecular formula is C21H35N2OS+. The average molecular weight is 364 g/mol. The van der Waals surface area contributed by atoms with Gasteiger partial charge >= 0.3 is 0 Å². The topological polar surface area (TPSA) is 27.9 Å². The van der Waals surface area contributed by atoms with Crippen LogP contribution in [-0.4, -0.2) is 47.7 Å². The van der Waals surface area contributed by atoms with E-state index in [2.05, 4.69) is 65.5 Å². The lowest BCUT2D eigenvalue weighted by Crippen LogP contribution is -3.14. The number of nitrogens with zero attached hydrogens (tertiary/aromatic N) is 1. The minimum atomic E-state index is -0.124. The van der Waals surface area contributed by atoms with Gasteiger partial charge in [0.15, 0.2) is 0 Å². The first-order valence-corrected chi connectivity index (χ1v) is 9.86. The number of phenols is 1. The van der Waals surface area contributed by atoms with Gasteiger partial charge in [0, 0.05) is 16.7 Å². The number of aromatic hydroxyl groups is 1.